The Bertz CT molecular complexity index is 429. The highest BCUT2D eigenvalue weighted by Crippen LogP contribution is 2.21. The summed E-state index contributed by atoms with van der Waals surface area (Å²) in [6.07, 6.45) is 4.08. The fourth-order valence-corrected chi connectivity index (χ4v) is 2.66. The van der Waals surface area contributed by atoms with Crippen LogP contribution in [0.4, 0.5) is 4.79 Å². The molecule has 0 aromatic carbocycles. The summed E-state index contributed by atoms with van der Waals surface area (Å²) in [5, 5.41) is 2.86. The first-order valence-corrected chi connectivity index (χ1v) is 8.87. The molecule has 2 rings (SSSR count). The van der Waals surface area contributed by atoms with E-state index in [2.05, 4.69) is 5.32 Å². The van der Waals surface area contributed by atoms with Crippen LogP contribution >= 0.6 is 0 Å². The quantitative estimate of drug-likeness (QED) is 0.748. The van der Waals surface area contributed by atoms with Crippen molar-refractivity contribution in [2.45, 2.75) is 70.8 Å². The molecule has 1 unspecified atom stereocenters. The minimum atomic E-state index is -0.549. The second kappa shape index (κ2) is 8.67. The van der Waals surface area contributed by atoms with E-state index < -0.39 is 17.7 Å². The average Bonchev–Trinajstić information content (AvgIpc) is 2.44. The molecule has 0 aromatic rings. The first kappa shape index (κ1) is 19.0. The molecule has 1 N–H and O–H groups in total. The summed E-state index contributed by atoms with van der Waals surface area (Å²) in [6, 6.07) is -0.414. The molecule has 2 aliphatic rings. The Hall–Kier alpha value is -1.34. The van der Waals surface area contributed by atoms with Crippen LogP contribution < -0.4 is 5.32 Å². The zero-order valence-electron chi connectivity index (χ0n) is 15.0. The number of nitrogens with zero attached hydrogens (tertiary/aromatic N) is 1. The lowest BCUT2D eigenvalue weighted by Crippen LogP contribution is -2.59. The van der Waals surface area contributed by atoms with Gasteiger partial charge < -0.3 is 19.5 Å². The van der Waals surface area contributed by atoms with Gasteiger partial charge in [0.2, 0.25) is 5.91 Å². The Morgan fingerprint density at radius 3 is 2.62 bits per heavy atom. The molecule has 7 nitrogen and oxygen atoms in total. The summed E-state index contributed by atoms with van der Waals surface area (Å²) in [7, 11) is 0. The third-order valence-corrected chi connectivity index (χ3v) is 4.01. The van der Waals surface area contributed by atoms with Crippen molar-refractivity contribution in [1.82, 2.24) is 10.2 Å². The van der Waals surface area contributed by atoms with E-state index >= 15 is 0 Å². The summed E-state index contributed by atoms with van der Waals surface area (Å²) < 4.78 is 16.4. The minimum Gasteiger partial charge on any atom is -0.444 e. The molecule has 2 fully saturated rings. The van der Waals surface area contributed by atoms with Gasteiger partial charge in [-0.25, -0.2) is 4.79 Å². The van der Waals surface area contributed by atoms with E-state index in [1.807, 2.05) is 20.8 Å². The van der Waals surface area contributed by atoms with Gasteiger partial charge in [-0.15, -0.1) is 0 Å². The van der Waals surface area contributed by atoms with E-state index in [1.54, 1.807) is 0 Å². The highest BCUT2D eigenvalue weighted by Gasteiger charge is 2.39. The Kier molecular flexibility index (Phi) is 6.86. The van der Waals surface area contributed by atoms with Crippen LogP contribution in [0, 0.1) is 0 Å². The fourth-order valence-electron chi connectivity index (χ4n) is 2.66. The Balaban J connectivity index is 1.59. The molecule has 0 aromatic heterocycles. The number of amides is 2. The molecule has 0 aliphatic carbocycles. The van der Waals surface area contributed by atoms with E-state index in [-0.39, 0.29) is 12.2 Å². The molecule has 2 aliphatic heterocycles. The van der Waals surface area contributed by atoms with Crippen LogP contribution in [-0.2, 0) is 19.0 Å². The normalized spacial score (nSPS) is 24.2. The lowest BCUT2D eigenvalue weighted by atomic mass is 10.0. The van der Waals surface area contributed by atoms with Crippen molar-refractivity contribution < 1.29 is 23.8 Å². The van der Waals surface area contributed by atoms with Crippen molar-refractivity contribution in [2.24, 2.45) is 0 Å². The van der Waals surface area contributed by atoms with Gasteiger partial charge in [0, 0.05) is 19.7 Å². The molecule has 24 heavy (non-hydrogen) atoms. The standard InChI is InChI=1S/C17H30N2O5/c1-17(2,3)24-16(21)19-10-8-13(19)15(20)18-9-6-12-23-14-7-4-5-11-22-14/h13-14H,4-12H2,1-3H3,(H,18,20)/t13-,14?/m1/s1. The van der Waals surface area contributed by atoms with Crippen molar-refractivity contribution in [2.75, 3.05) is 26.3 Å². The topological polar surface area (TPSA) is 77.1 Å². The zero-order chi connectivity index (χ0) is 17.6. The molecule has 2 amide bonds. The van der Waals surface area contributed by atoms with Gasteiger partial charge >= 0.3 is 6.09 Å². The SMILES string of the molecule is CC(C)(C)OC(=O)N1CC[C@@H]1C(=O)NCCCOC1CCCCO1. The van der Waals surface area contributed by atoms with Crippen molar-refractivity contribution >= 4 is 12.0 Å². The Labute approximate surface area is 144 Å². The van der Waals surface area contributed by atoms with Gasteiger partial charge in [-0.05, 0) is 52.9 Å². The molecule has 0 spiro atoms. The van der Waals surface area contributed by atoms with Crippen LogP contribution in [0.2, 0.25) is 0 Å². The zero-order valence-corrected chi connectivity index (χ0v) is 15.0. The summed E-state index contributed by atoms with van der Waals surface area (Å²) >= 11 is 0. The second-order valence-corrected chi connectivity index (χ2v) is 7.29. The number of likely N-dealkylation sites (tertiary alicyclic amines) is 1. The smallest absolute Gasteiger partial charge is 0.410 e. The molecule has 0 radical (unpaired) electrons. The first-order valence-electron chi connectivity index (χ1n) is 8.87. The van der Waals surface area contributed by atoms with Crippen molar-refractivity contribution in [3.63, 3.8) is 0 Å². The van der Waals surface area contributed by atoms with Crippen LogP contribution in [-0.4, -0.2) is 61.1 Å². The largest absolute Gasteiger partial charge is 0.444 e. The van der Waals surface area contributed by atoms with Crippen LogP contribution in [0.5, 0.6) is 0 Å². The minimum absolute atomic E-state index is 0.0938. The van der Waals surface area contributed by atoms with Crippen molar-refractivity contribution in [1.29, 1.82) is 0 Å². The number of hydrogen-bond acceptors (Lipinski definition) is 5. The van der Waals surface area contributed by atoms with Gasteiger partial charge in [-0.2, -0.15) is 0 Å². The second-order valence-electron chi connectivity index (χ2n) is 7.29. The Morgan fingerprint density at radius 2 is 2.04 bits per heavy atom. The maximum atomic E-state index is 12.1. The van der Waals surface area contributed by atoms with E-state index in [0.717, 1.165) is 32.3 Å². The number of ether oxygens (including phenoxy) is 3. The highest BCUT2D eigenvalue weighted by molar-refractivity contribution is 5.87. The fraction of sp³-hybridized carbons (Fsp3) is 0.882. The van der Waals surface area contributed by atoms with Gasteiger partial charge in [0.15, 0.2) is 6.29 Å². The highest BCUT2D eigenvalue weighted by atomic mass is 16.7. The molecule has 7 heteroatoms. The maximum Gasteiger partial charge on any atom is 0.410 e. The number of carbonyl (C=O) groups is 2. The molecule has 2 atom stereocenters. The van der Waals surface area contributed by atoms with Gasteiger partial charge in [0.1, 0.15) is 11.6 Å². The molecule has 0 bridgehead atoms. The molecule has 0 saturated carbocycles. The van der Waals surface area contributed by atoms with Gasteiger partial charge in [0.25, 0.3) is 0 Å². The number of hydrogen-bond donors (Lipinski definition) is 1. The molecular weight excluding hydrogens is 312 g/mol. The average molecular weight is 342 g/mol. The lowest BCUT2D eigenvalue weighted by molar-refractivity contribution is -0.162. The van der Waals surface area contributed by atoms with E-state index in [0.29, 0.717) is 26.1 Å². The van der Waals surface area contributed by atoms with Gasteiger partial charge in [-0.3, -0.25) is 9.69 Å². The monoisotopic (exact) mass is 342 g/mol. The molecule has 138 valence electrons. The van der Waals surface area contributed by atoms with Crippen molar-refractivity contribution in [3.8, 4) is 0 Å². The number of rotatable bonds is 6. The van der Waals surface area contributed by atoms with E-state index in [1.165, 1.54) is 4.90 Å². The molecule has 2 heterocycles. The van der Waals surface area contributed by atoms with Gasteiger partial charge in [0.05, 0.1) is 6.61 Å². The maximum absolute atomic E-state index is 12.1. The first-order chi connectivity index (χ1) is 11.4. The van der Waals surface area contributed by atoms with E-state index in [4.69, 9.17) is 14.2 Å². The molecule has 2 saturated heterocycles. The van der Waals surface area contributed by atoms with Crippen LogP contribution in [0.25, 0.3) is 0 Å². The summed E-state index contributed by atoms with van der Waals surface area (Å²) in [5.41, 5.74) is -0.549. The predicted molar refractivity (Wildman–Crippen MR) is 88.5 cm³/mol. The summed E-state index contributed by atoms with van der Waals surface area (Å²) in [5.74, 6) is -0.124. The predicted octanol–water partition coefficient (Wildman–Crippen LogP) is 2.05. The van der Waals surface area contributed by atoms with Crippen LogP contribution in [0.15, 0.2) is 0 Å². The lowest BCUT2D eigenvalue weighted by Gasteiger charge is -2.40. The van der Waals surface area contributed by atoms with E-state index in [9.17, 15) is 9.59 Å². The summed E-state index contributed by atoms with van der Waals surface area (Å²) in [4.78, 5) is 25.6. The van der Waals surface area contributed by atoms with Crippen LogP contribution in [0.3, 0.4) is 0 Å². The third-order valence-electron chi connectivity index (χ3n) is 4.01. The van der Waals surface area contributed by atoms with Crippen molar-refractivity contribution in [3.05, 3.63) is 0 Å². The Morgan fingerprint density at radius 1 is 1.25 bits per heavy atom. The number of nitrogens with one attached hydrogen (secondary N) is 1. The molecular formula is C17H30N2O5. The third kappa shape index (κ3) is 5.94. The summed E-state index contributed by atoms with van der Waals surface area (Å²) in [6.45, 7) is 7.87. The van der Waals surface area contributed by atoms with Gasteiger partial charge in [-0.1, -0.05) is 0 Å². The number of carbonyl (C=O) groups excluding carboxylic acids is 2. The van der Waals surface area contributed by atoms with Crippen LogP contribution in [0.1, 0.15) is 52.9 Å².